The normalized spacial score (nSPS) is 19.5. The van der Waals surface area contributed by atoms with Crippen LogP contribution in [0, 0.1) is 11.3 Å². The van der Waals surface area contributed by atoms with Gasteiger partial charge in [-0.3, -0.25) is 4.79 Å². The number of fused-ring (bicyclic) bond motifs is 1. The summed E-state index contributed by atoms with van der Waals surface area (Å²) in [5.74, 6) is 0.699. The fourth-order valence-corrected chi connectivity index (χ4v) is 4.57. The molecule has 2 aromatic carbocycles. The van der Waals surface area contributed by atoms with E-state index < -0.39 is 36.2 Å². The van der Waals surface area contributed by atoms with Crippen molar-refractivity contribution in [3.63, 3.8) is 0 Å². The largest absolute Gasteiger partial charge is 0.496 e. The predicted molar refractivity (Wildman–Crippen MR) is 147 cm³/mol. The number of carbonyl (C=O) groups is 2. The SMILES string of the molecule is COc1cc(-c2ccc3c(c2)N(C)[C@@H](O)O3)ccc1C[C@@H](C#N)NC(=O)[C@@H]1CN(C(=O)OC(C)(C)C)CCCO1. The summed E-state index contributed by atoms with van der Waals surface area (Å²) < 4.78 is 22.2. The first kappa shape index (κ1) is 29.0. The van der Waals surface area contributed by atoms with Gasteiger partial charge in [-0.1, -0.05) is 18.2 Å². The van der Waals surface area contributed by atoms with Crippen LogP contribution in [0.15, 0.2) is 36.4 Å². The Hall–Kier alpha value is -4.01. The Bertz CT molecular complexity index is 1290. The zero-order chi connectivity index (χ0) is 29.0. The van der Waals surface area contributed by atoms with Gasteiger partial charge in [0.05, 0.1) is 25.4 Å². The molecule has 2 N–H and O–H groups in total. The number of benzene rings is 2. The van der Waals surface area contributed by atoms with E-state index in [0.29, 0.717) is 31.1 Å². The molecule has 11 heteroatoms. The van der Waals surface area contributed by atoms with E-state index in [4.69, 9.17) is 18.9 Å². The number of rotatable bonds is 6. The van der Waals surface area contributed by atoms with E-state index in [9.17, 15) is 20.0 Å². The number of hydrogen-bond acceptors (Lipinski definition) is 9. The van der Waals surface area contributed by atoms with Crippen molar-refractivity contribution in [3.8, 4) is 28.7 Å². The quantitative estimate of drug-likeness (QED) is 0.555. The standard InChI is InChI=1S/C29H36N4O7/c1-29(2,3)40-28(36)33-11-6-12-38-25(17-33)26(34)31-21(16-30)13-20-8-7-19(15-24(20)37-5)18-9-10-23-22(14-18)32(4)27(35)39-23/h7-10,14-15,21,25,27,35H,6,11-13,17H2,1-5H3,(H,31,34)/t21-,25-,27-/m0/s1. The summed E-state index contributed by atoms with van der Waals surface area (Å²) in [7, 11) is 3.29. The predicted octanol–water partition coefficient (Wildman–Crippen LogP) is 3.04. The first-order valence-corrected chi connectivity index (χ1v) is 13.2. The maximum Gasteiger partial charge on any atom is 0.410 e. The Kier molecular flexibility index (Phi) is 8.71. The van der Waals surface area contributed by atoms with Crippen molar-refractivity contribution in [2.24, 2.45) is 0 Å². The molecule has 2 aliphatic rings. The molecule has 11 nitrogen and oxygen atoms in total. The van der Waals surface area contributed by atoms with E-state index in [1.165, 1.54) is 4.90 Å². The van der Waals surface area contributed by atoms with Crippen LogP contribution in [-0.2, 0) is 20.7 Å². The molecule has 0 bridgehead atoms. The molecular formula is C29H36N4O7. The Morgan fingerprint density at radius 2 is 1.95 bits per heavy atom. The number of nitriles is 1. The van der Waals surface area contributed by atoms with Crippen molar-refractivity contribution in [2.75, 3.05) is 38.8 Å². The van der Waals surface area contributed by atoms with Crippen LogP contribution in [-0.4, -0.2) is 80.0 Å². The molecule has 4 rings (SSSR count). The molecule has 0 saturated carbocycles. The molecule has 2 aromatic rings. The van der Waals surface area contributed by atoms with Gasteiger partial charge in [0, 0.05) is 26.6 Å². The molecular weight excluding hydrogens is 516 g/mol. The van der Waals surface area contributed by atoms with Gasteiger partial charge < -0.3 is 39.2 Å². The van der Waals surface area contributed by atoms with E-state index in [1.807, 2.05) is 30.3 Å². The smallest absolute Gasteiger partial charge is 0.410 e. The van der Waals surface area contributed by atoms with Crippen LogP contribution in [0.4, 0.5) is 10.5 Å². The lowest BCUT2D eigenvalue weighted by molar-refractivity contribution is -0.133. The third kappa shape index (κ3) is 6.76. The summed E-state index contributed by atoms with van der Waals surface area (Å²) in [4.78, 5) is 28.7. The first-order valence-electron chi connectivity index (χ1n) is 13.2. The van der Waals surface area contributed by atoms with Crippen LogP contribution in [0.3, 0.4) is 0 Å². The maximum atomic E-state index is 13.1. The number of aliphatic hydroxyl groups is 1. The van der Waals surface area contributed by atoms with Crippen LogP contribution in [0.1, 0.15) is 32.8 Å². The Labute approximate surface area is 234 Å². The molecule has 0 aromatic heterocycles. The topological polar surface area (TPSA) is 134 Å². The van der Waals surface area contributed by atoms with Gasteiger partial charge >= 0.3 is 6.09 Å². The highest BCUT2D eigenvalue weighted by Crippen LogP contribution is 2.39. The Morgan fingerprint density at radius 1 is 1.23 bits per heavy atom. The van der Waals surface area contributed by atoms with Crippen LogP contribution in [0.25, 0.3) is 11.1 Å². The van der Waals surface area contributed by atoms with Crippen LogP contribution < -0.4 is 19.7 Å². The lowest BCUT2D eigenvalue weighted by Gasteiger charge is -2.27. The van der Waals surface area contributed by atoms with Gasteiger partial charge in [-0.05, 0) is 62.1 Å². The van der Waals surface area contributed by atoms with Gasteiger partial charge in [-0.15, -0.1) is 0 Å². The number of hydrogen-bond donors (Lipinski definition) is 2. The van der Waals surface area contributed by atoms with Gasteiger partial charge in [0.2, 0.25) is 0 Å². The van der Waals surface area contributed by atoms with Crippen molar-refractivity contribution in [2.45, 2.75) is 57.8 Å². The number of aliphatic hydroxyl groups excluding tert-OH is 1. The highest BCUT2D eigenvalue weighted by molar-refractivity contribution is 5.82. The molecule has 40 heavy (non-hydrogen) atoms. The molecule has 1 saturated heterocycles. The van der Waals surface area contributed by atoms with E-state index >= 15 is 0 Å². The summed E-state index contributed by atoms with van der Waals surface area (Å²) >= 11 is 0. The third-order valence-corrected chi connectivity index (χ3v) is 6.64. The van der Waals surface area contributed by atoms with Crippen molar-refractivity contribution in [1.29, 1.82) is 5.26 Å². The number of amides is 2. The lowest BCUT2D eigenvalue weighted by Crippen LogP contribution is -2.48. The van der Waals surface area contributed by atoms with Gasteiger partial charge in [-0.25, -0.2) is 4.79 Å². The maximum absolute atomic E-state index is 13.1. The molecule has 0 spiro atoms. The molecule has 0 unspecified atom stereocenters. The molecule has 0 radical (unpaired) electrons. The van der Waals surface area contributed by atoms with E-state index in [2.05, 4.69) is 11.4 Å². The average Bonchev–Trinajstić information content (AvgIpc) is 3.07. The van der Waals surface area contributed by atoms with Crippen molar-refractivity contribution in [3.05, 3.63) is 42.0 Å². The van der Waals surface area contributed by atoms with Gasteiger partial charge in [0.1, 0.15) is 23.1 Å². The Balaban J connectivity index is 1.44. The summed E-state index contributed by atoms with van der Waals surface area (Å²) in [6.07, 6.45) is -1.67. The number of methoxy groups -OCH3 is 1. The monoisotopic (exact) mass is 552 g/mol. The number of nitrogens with zero attached hydrogens (tertiary/aromatic N) is 3. The molecule has 2 aliphatic heterocycles. The molecule has 214 valence electrons. The summed E-state index contributed by atoms with van der Waals surface area (Å²) in [6, 6.07) is 12.6. The fraction of sp³-hybridized carbons (Fsp3) is 0.483. The second-order valence-corrected chi connectivity index (χ2v) is 10.8. The second-order valence-electron chi connectivity index (χ2n) is 10.8. The second kappa shape index (κ2) is 12.0. The molecule has 2 amide bonds. The summed E-state index contributed by atoms with van der Waals surface area (Å²) in [5.41, 5.74) is 2.64. The minimum atomic E-state index is -1.02. The van der Waals surface area contributed by atoms with Crippen LogP contribution in [0.5, 0.6) is 11.5 Å². The van der Waals surface area contributed by atoms with E-state index in [-0.39, 0.29) is 13.0 Å². The fourth-order valence-electron chi connectivity index (χ4n) is 4.57. The molecule has 3 atom stereocenters. The van der Waals surface area contributed by atoms with Crippen LogP contribution in [0.2, 0.25) is 0 Å². The molecule has 0 aliphatic carbocycles. The average molecular weight is 553 g/mol. The van der Waals surface area contributed by atoms with Gasteiger partial charge in [0.25, 0.3) is 12.3 Å². The van der Waals surface area contributed by atoms with Crippen molar-refractivity contribution >= 4 is 17.7 Å². The third-order valence-electron chi connectivity index (χ3n) is 6.64. The minimum Gasteiger partial charge on any atom is -0.496 e. The highest BCUT2D eigenvalue weighted by atomic mass is 16.6. The van der Waals surface area contributed by atoms with Gasteiger partial charge in [0.15, 0.2) is 6.10 Å². The number of carbonyl (C=O) groups excluding carboxylic acids is 2. The van der Waals surface area contributed by atoms with E-state index in [0.717, 1.165) is 22.4 Å². The highest BCUT2D eigenvalue weighted by Gasteiger charge is 2.32. The van der Waals surface area contributed by atoms with Gasteiger partial charge in [-0.2, -0.15) is 5.26 Å². The zero-order valence-electron chi connectivity index (χ0n) is 23.5. The summed E-state index contributed by atoms with van der Waals surface area (Å²) in [6.45, 7) is 6.12. The Morgan fingerprint density at radius 3 is 2.65 bits per heavy atom. The lowest BCUT2D eigenvalue weighted by atomic mass is 9.99. The number of ether oxygens (including phenoxy) is 4. The zero-order valence-corrected chi connectivity index (χ0v) is 23.5. The van der Waals surface area contributed by atoms with Crippen molar-refractivity contribution in [1.82, 2.24) is 10.2 Å². The first-order chi connectivity index (χ1) is 19.0. The number of anilines is 1. The van der Waals surface area contributed by atoms with Crippen LogP contribution >= 0.6 is 0 Å². The molecule has 1 fully saturated rings. The summed E-state index contributed by atoms with van der Waals surface area (Å²) in [5, 5.41) is 22.5. The van der Waals surface area contributed by atoms with Crippen molar-refractivity contribution < 1.29 is 33.6 Å². The minimum absolute atomic E-state index is 0.0367. The number of nitrogens with one attached hydrogen (secondary N) is 1. The molecule has 2 heterocycles. The van der Waals surface area contributed by atoms with E-state index in [1.54, 1.807) is 45.9 Å².